The third kappa shape index (κ3) is 6.52. The Labute approximate surface area is 209 Å². The first-order chi connectivity index (χ1) is 17.1. The van der Waals surface area contributed by atoms with E-state index in [1.165, 1.54) is 6.08 Å². The van der Waals surface area contributed by atoms with Crippen LogP contribution in [0.3, 0.4) is 0 Å². The molecule has 1 aromatic heterocycles. The summed E-state index contributed by atoms with van der Waals surface area (Å²) in [6.07, 6.45) is -1.44. The predicted octanol–water partition coefficient (Wildman–Crippen LogP) is 5.86. The van der Waals surface area contributed by atoms with Gasteiger partial charge in [0.15, 0.2) is 0 Å². The van der Waals surface area contributed by atoms with E-state index in [-0.39, 0.29) is 25.1 Å². The fourth-order valence-corrected chi connectivity index (χ4v) is 4.15. The van der Waals surface area contributed by atoms with Crippen LogP contribution in [-0.4, -0.2) is 44.6 Å². The van der Waals surface area contributed by atoms with E-state index in [2.05, 4.69) is 20.1 Å². The maximum Gasteiger partial charge on any atom is 0.523 e. The number of hydrogen-bond acceptors (Lipinski definition) is 5. The van der Waals surface area contributed by atoms with Crippen molar-refractivity contribution in [2.75, 3.05) is 0 Å². The van der Waals surface area contributed by atoms with E-state index in [0.717, 1.165) is 11.1 Å². The molecule has 2 aromatic carbocycles. The van der Waals surface area contributed by atoms with Crippen molar-refractivity contribution in [2.24, 2.45) is 0 Å². The molecule has 4 rings (SSSR count). The molecule has 3 aromatic rings. The Balaban J connectivity index is 1.64. The summed E-state index contributed by atoms with van der Waals surface area (Å²) in [5, 5.41) is 19.2. The van der Waals surface area contributed by atoms with Crippen LogP contribution in [0, 0.1) is 0 Å². The molecule has 1 aliphatic carbocycles. The van der Waals surface area contributed by atoms with E-state index in [4.69, 9.17) is 16.3 Å². The van der Waals surface area contributed by atoms with Gasteiger partial charge in [-0.05, 0) is 35.3 Å². The monoisotopic (exact) mass is 519 g/mol. The molecule has 2 atom stereocenters. The summed E-state index contributed by atoms with van der Waals surface area (Å²) >= 11 is 5.95. The first-order valence-electron chi connectivity index (χ1n) is 10.9. The lowest BCUT2D eigenvalue weighted by molar-refractivity contribution is -0.360. The smallest absolute Gasteiger partial charge is 0.476 e. The van der Waals surface area contributed by atoms with Crippen LogP contribution < -0.4 is 4.74 Å². The highest BCUT2D eigenvalue weighted by Crippen LogP contribution is 2.39. The number of carboxylic acid groups (broad SMARTS) is 1. The van der Waals surface area contributed by atoms with Crippen molar-refractivity contribution in [3.05, 3.63) is 94.7 Å². The standard InChI is InChI=1S/C25H21ClF3N3O4/c26-19-8-6-16(7-9-19)14-20(35-22-21(23(33)34)30-32-31-22)15-24(36-25(27,28)29)12-10-18(11-13-24)17-4-2-1-3-5-17/h1-12,20H,13-15H2,(H,33,34)(H,30,31,32). The maximum absolute atomic E-state index is 13.5. The Hall–Kier alpha value is -3.63. The molecule has 11 heteroatoms. The predicted molar refractivity (Wildman–Crippen MR) is 126 cm³/mol. The molecule has 0 saturated carbocycles. The number of H-pyrrole nitrogens is 1. The van der Waals surface area contributed by atoms with Crippen LogP contribution in [0.1, 0.15) is 34.5 Å². The second-order valence-corrected chi connectivity index (χ2v) is 8.68. The Kier molecular flexibility index (Phi) is 7.46. The minimum Gasteiger partial charge on any atom is -0.476 e. The molecule has 188 valence electrons. The van der Waals surface area contributed by atoms with Gasteiger partial charge in [-0.2, -0.15) is 0 Å². The van der Waals surface area contributed by atoms with E-state index in [9.17, 15) is 23.1 Å². The van der Waals surface area contributed by atoms with Crippen molar-refractivity contribution in [1.82, 2.24) is 15.4 Å². The average Bonchev–Trinajstić information content (AvgIpc) is 3.29. The zero-order valence-electron chi connectivity index (χ0n) is 18.7. The second-order valence-electron chi connectivity index (χ2n) is 8.25. The highest BCUT2D eigenvalue weighted by Gasteiger charge is 2.44. The zero-order chi connectivity index (χ0) is 25.8. The lowest BCUT2D eigenvalue weighted by Gasteiger charge is -2.36. The lowest BCUT2D eigenvalue weighted by atomic mass is 9.84. The van der Waals surface area contributed by atoms with Gasteiger partial charge in [-0.3, -0.25) is 4.74 Å². The number of nitrogens with zero attached hydrogens (tertiary/aromatic N) is 2. The van der Waals surface area contributed by atoms with Crippen LogP contribution >= 0.6 is 11.6 Å². The number of halogens is 4. The number of alkyl halides is 3. The van der Waals surface area contributed by atoms with Crippen LogP contribution in [-0.2, 0) is 11.2 Å². The largest absolute Gasteiger partial charge is 0.523 e. The summed E-state index contributed by atoms with van der Waals surface area (Å²) in [6, 6.07) is 16.0. The molecule has 2 N–H and O–H groups in total. The molecule has 1 heterocycles. The Morgan fingerprint density at radius 2 is 1.89 bits per heavy atom. The summed E-state index contributed by atoms with van der Waals surface area (Å²) in [6.45, 7) is 0. The van der Waals surface area contributed by atoms with Gasteiger partial charge in [0.1, 0.15) is 11.7 Å². The Morgan fingerprint density at radius 3 is 2.50 bits per heavy atom. The first kappa shape index (κ1) is 25.5. The number of aromatic carboxylic acids is 1. The molecule has 1 aliphatic rings. The van der Waals surface area contributed by atoms with E-state index in [0.29, 0.717) is 10.6 Å². The number of rotatable bonds is 9. The number of aromatic nitrogens is 3. The first-order valence-corrected chi connectivity index (χ1v) is 11.3. The third-order valence-corrected chi connectivity index (χ3v) is 5.87. The van der Waals surface area contributed by atoms with Gasteiger partial charge in [-0.1, -0.05) is 82.6 Å². The van der Waals surface area contributed by atoms with Gasteiger partial charge >= 0.3 is 12.3 Å². The van der Waals surface area contributed by atoms with E-state index in [1.807, 2.05) is 30.3 Å². The molecule has 7 nitrogen and oxygen atoms in total. The van der Waals surface area contributed by atoms with E-state index < -0.39 is 29.7 Å². The normalized spacial score (nSPS) is 18.5. The Morgan fingerprint density at radius 1 is 1.17 bits per heavy atom. The molecule has 0 radical (unpaired) electrons. The average molecular weight is 520 g/mol. The van der Waals surface area contributed by atoms with E-state index in [1.54, 1.807) is 36.4 Å². The summed E-state index contributed by atoms with van der Waals surface area (Å²) in [5.74, 6) is -1.70. The SMILES string of the molecule is O=C(O)c1[nH]nnc1OC(Cc1ccc(Cl)cc1)CC1(OC(F)(F)F)C=CC(c2ccccc2)=CC1. The zero-order valence-corrected chi connectivity index (χ0v) is 19.5. The summed E-state index contributed by atoms with van der Waals surface area (Å²) in [7, 11) is 0. The minimum atomic E-state index is -4.92. The number of carbonyl (C=O) groups is 1. The number of hydrogen-bond donors (Lipinski definition) is 2. The van der Waals surface area contributed by atoms with Crippen LogP contribution in [0.15, 0.2) is 72.8 Å². The number of nitrogens with one attached hydrogen (secondary N) is 1. The third-order valence-electron chi connectivity index (χ3n) is 5.62. The minimum absolute atomic E-state index is 0.0850. The summed E-state index contributed by atoms with van der Waals surface area (Å²) in [5.41, 5.74) is 0.134. The maximum atomic E-state index is 13.5. The Bertz CT molecular complexity index is 1260. The molecule has 2 unspecified atom stereocenters. The number of ether oxygens (including phenoxy) is 2. The molecule has 0 amide bonds. The molecule has 0 saturated heterocycles. The van der Waals surface area contributed by atoms with E-state index >= 15 is 0 Å². The summed E-state index contributed by atoms with van der Waals surface area (Å²) in [4.78, 5) is 11.5. The van der Waals surface area contributed by atoms with Gasteiger partial charge in [-0.15, -0.1) is 13.2 Å². The van der Waals surface area contributed by atoms with Crippen LogP contribution in [0.2, 0.25) is 5.02 Å². The number of aromatic amines is 1. The van der Waals surface area contributed by atoms with Crippen LogP contribution in [0.4, 0.5) is 13.2 Å². The fourth-order valence-electron chi connectivity index (χ4n) is 4.03. The molecule has 36 heavy (non-hydrogen) atoms. The van der Waals surface area contributed by atoms with Gasteiger partial charge < -0.3 is 9.84 Å². The van der Waals surface area contributed by atoms with Crippen molar-refractivity contribution < 1.29 is 32.5 Å². The molecule has 0 fully saturated rings. The number of benzene rings is 2. The summed E-state index contributed by atoms with van der Waals surface area (Å²) < 4.78 is 51.1. The highest BCUT2D eigenvalue weighted by atomic mass is 35.5. The molecular weight excluding hydrogens is 499 g/mol. The number of allylic oxidation sites excluding steroid dienone is 2. The van der Waals surface area contributed by atoms with Gasteiger partial charge in [0.05, 0.1) is 0 Å². The van der Waals surface area contributed by atoms with Crippen molar-refractivity contribution in [3.8, 4) is 5.88 Å². The van der Waals surface area contributed by atoms with Crippen molar-refractivity contribution >= 4 is 23.1 Å². The van der Waals surface area contributed by atoms with Gasteiger partial charge in [0, 0.05) is 17.9 Å². The highest BCUT2D eigenvalue weighted by molar-refractivity contribution is 6.30. The topological polar surface area (TPSA) is 97.3 Å². The molecule has 0 spiro atoms. The van der Waals surface area contributed by atoms with Gasteiger partial charge in [0.2, 0.25) is 5.69 Å². The fraction of sp³-hybridized carbons (Fsp3) is 0.240. The second kappa shape index (κ2) is 10.5. The number of carboxylic acids is 1. The molecule has 0 bridgehead atoms. The van der Waals surface area contributed by atoms with Crippen molar-refractivity contribution in [3.63, 3.8) is 0 Å². The van der Waals surface area contributed by atoms with Crippen LogP contribution in [0.5, 0.6) is 5.88 Å². The van der Waals surface area contributed by atoms with Gasteiger partial charge in [-0.25, -0.2) is 9.89 Å². The van der Waals surface area contributed by atoms with Gasteiger partial charge in [0.25, 0.3) is 5.88 Å². The van der Waals surface area contributed by atoms with Crippen molar-refractivity contribution in [1.29, 1.82) is 0 Å². The quantitative estimate of drug-likeness (QED) is 0.368. The van der Waals surface area contributed by atoms with Crippen LogP contribution in [0.25, 0.3) is 5.57 Å². The lowest BCUT2D eigenvalue weighted by Crippen LogP contribution is -2.42. The van der Waals surface area contributed by atoms with Crippen molar-refractivity contribution in [2.45, 2.75) is 37.3 Å². The molecular formula is C25H21ClF3N3O4. The molecule has 0 aliphatic heterocycles.